The highest BCUT2D eigenvalue weighted by molar-refractivity contribution is 6.09. The predicted molar refractivity (Wildman–Crippen MR) is 101 cm³/mol. The molecule has 144 valence electrons. The lowest BCUT2D eigenvalue weighted by Gasteiger charge is -2.23. The van der Waals surface area contributed by atoms with Crippen molar-refractivity contribution in [2.45, 2.75) is 12.5 Å². The summed E-state index contributed by atoms with van der Waals surface area (Å²) in [5, 5.41) is 0. The van der Waals surface area contributed by atoms with E-state index in [0.717, 1.165) is 5.56 Å². The molecule has 1 aliphatic heterocycles. The van der Waals surface area contributed by atoms with Crippen molar-refractivity contribution >= 4 is 17.7 Å². The van der Waals surface area contributed by atoms with Crippen LogP contribution in [0.15, 0.2) is 72.8 Å². The average molecular weight is 390 g/mol. The Bertz CT molecular complexity index is 1090. The van der Waals surface area contributed by atoms with Crippen molar-refractivity contribution in [2.75, 3.05) is 0 Å². The molecule has 6 heteroatoms. The van der Waals surface area contributed by atoms with E-state index in [9.17, 15) is 18.8 Å². The highest BCUT2D eigenvalue weighted by Crippen LogP contribution is 2.22. The van der Waals surface area contributed by atoms with Gasteiger partial charge in [0.2, 0.25) is 6.10 Å². The molecule has 0 spiro atoms. The van der Waals surface area contributed by atoms with Crippen LogP contribution < -0.4 is 4.74 Å². The van der Waals surface area contributed by atoms with Crippen molar-refractivity contribution < 1.29 is 28.2 Å². The van der Waals surface area contributed by atoms with Crippen molar-refractivity contribution in [3.8, 4) is 5.75 Å². The maximum atomic E-state index is 13.0. The lowest BCUT2D eigenvalue weighted by molar-refractivity contribution is -0.144. The van der Waals surface area contributed by atoms with Gasteiger partial charge in [-0.1, -0.05) is 18.2 Å². The number of fused-ring (bicyclic) bond motifs is 1. The van der Waals surface area contributed by atoms with E-state index in [1.807, 2.05) is 0 Å². The average Bonchev–Trinajstić information content (AvgIpc) is 2.74. The lowest BCUT2D eigenvalue weighted by atomic mass is 9.99. The van der Waals surface area contributed by atoms with Crippen LogP contribution in [0.4, 0.5) is 4.39 Å². The van der Waals surface area contributed by atoms with E-state index in [2.05, 4.69) is 0 Å². The zero-order valence-electron chi connectivity index (χ0n) is 15.1. The number of cyclic esters (lactones) is 1. The van der Waals surface area contributed by atoms with E-state index in [1.54, 1.807) is 24.3 Å². The maximum Gasteiger partial charge on any atom is 0.353 e. The van der Waals surface area contributed by atoms with Crippen molar-refractivity contribution in [2.24, 2.45) is 0 Å². The van der Waals surface area contributed by atoms with Gasteiger partial charge in [-0.3, -0.25) is 4.79 Å². The summed E-state index contributed by atoms with van der Waals surface area (Å²) < 4.78 is 23.5. The molecule has 3 aromatic carbocycles. The minimum absolute atomic E-state index is 0.223. The van der Waals surface area contributed by atoms with E-state index in [-0.39, 0.29) is 18.0 Å². The summed E-state index contributed by atoms with van der Waals surface area (Å²) in [7, 11) is 0. The van der Waals surface area contributed by atoms with E-state index in [4.69, 9.17) is 9.47 Å². The fourth-order valence-corrected chi connectivity index (χ4v) is 3.09. The number of carbonyl (C=O) groups excluding carboxylic acids is 3. The lowest BCUT2D eigenvalue weighted by Crippen LogP contribution is -2.36. The van der Waals surface area contributed by atoms with Crippen molar-refractivity contribution in [1.82, 2.24) is 0 Å². The second-order valence-electron chi connectivity index (χ2n) is 6.54. The molecule has 3 aromatic rings. The number of rotatable bonds is 4. The van der Waals surface area contributed by atoms with Gasteiger partial charge in [0.15, 0.2) is 5.78 Å². The van der Waals surface area contributed by atoms with E-state index < -0.39 is 23.9 Å². The number of benzene rings is 3. The highest BCUT2D eigenvalue weighted by Gasteiger charge is 2.32. The van der Waals surface area contributed by atoms with Crippen molar-refractivity contribution in [3.63, 3.8) is 0 Å². The van der Waals surface area contributed by atoms with E-state index in [1.165, 1.54) is 48.5 Å². The normalized spacial score (nSPS) is 15.2. The Kier molecular flexibility index (Phi) is 4.91. The Morgan fingerprint density at radius 1 is 0.897 bits per heavy atom. The summed E-state index contributed by atoms with van der Waals surface area (Å²) in [6.07, 6.45) is -0.792. The fourth-order valence-electron chi connectivity index (χ4n) is 3.09. The molecule has 0 fully saturated rings. The summed E-state index contributed by atoms with van der Waals surface area (Å²) in [5.41, 5.74) is 1.89. The van der Waals surface area contributed by atoms with Crippen LogP contribution in [0.3, 0.4) is 0 Å². The summed E-state index contributed by atoms with van der Waals surface area (Å²) in [5.74, 6) is -1.73. The monoisotopic (exact) mass is 390 g/mol. The molecule has 1 atom stereocenters. The number of ether oxygens (including phenoxy) is 2. The van der Waals surface area contributed by atoms with Crippen LogP contribution in [0.2, 0.25) is 0 Å². The fraction of sp³-hybridized carbons (Fsp3) is 0.0870. The van der Waals surface area contributed by atoms with E-state index >= 15 is 0 Å². The quantitative estimate of drug-likeness (QED) is 0.386. The van der Waals surface area contributed by atoms with Gasteiger partial charge in [0.25, 0.3) is 0 Å². The van der Waals surface area contributed by atoms with E-state index in [0.29, 0.717) is 16.7 Å². The summed E-state index contributed by atoms with van der Waals surface area (Å²) in [6, 6.07) is 18.2. The van der Waals surface area contributed by atoms with Crippen molar-refractivity contribution in [1.29, 1.82) is 0 Å². The SMILES string of the molecule is O=C(c1ccc(F)cc1)c1ccc(OC(=O)[C@@H]2Cc3ccccc3C(=O)O2)cc1. The first-order chi connectivity index (χ1) is 14.0. The second-order valence-corrected chi connectivity index (χ2v) is 6.54. The molecular weight excluding hydrogens is 375 g/mol. The van der Waals surface area contributed by atoms with Crippen LogP contribution in [0.5, 0.6) is 5.75 Å². The maximum absolute atomic E-state index is 13.0. The van der Waals surface area contributed by atoms with Gasteiger partial charge >= 0.3 is 11.9 Å². The molecule has 29 heavy (non-hydrogen) atoms. The molecule has 0 aromatic heterocycles. The highest BCUT2D eigenvalue weighted by atomic mass is 19.1. The van der Waals surface area contributed by atoms with Gasteiger partial charge in [0, 0.05) is 17.5 Å². The molecule has 4 rings (SSSR count). The van der Waals surface area contributed by atoms with Gasteiger partial charge in [0.05, 0.1) is 5.56 Å². The number of hydrogen-bond acceptors (Lipinski definition) is 5. The number of carbonyl (C=O) groups is 3. The summed E-state index contributed by atoms with van der Waals surface area (Å²) in [6.45, 7) is 0. The minimum atomic E-state index is -1.03. The number of halogens is 1. The van der Waals surface area contributed by atoms with Crippen molar-refractivity contribution in [3.05, 3.63) is 101 Å². The Labute approximate surface area is 165 Å². The molecular formula is C23H15FO5. The topological polar surface area (TPSA) is 69.7 Å². The minimum Gasteiger partial charge on any atom is -0.446 e. The molecule has 0 aliphatic carbocycles. The first kappa shape index (κ1) is 18.6. The van der Waals surface area contributed by atoms with Crippen LogP contribution in [0.1, 0.15) is 31.8 Å². The third-order valence-electron chi connectivity index (χ3n) is 4.60. The predicted octanol–water partition coefficient (Wildman–Crippen LogP) is 3.74. The Morgan fingerprint density at radius 3 is 2.21 bits per heavy atom. The van der Waals surface area contributed by atoms with Crippen LogP contribution in [-0.2, 0) is 16.0 Å². The molecule has 0 radical (unpaired) electrons. The van der Waals surface area contributed by atoms with Gasteiger partial charge in [0.1, 0.15) is 11.6 Å². The van der Waals surface area contributed by atoms with Gasteiger partial charge in [-0.2, -0.15) is 0 Å². The van der Waals surface area contributed by atoms with Gasteiger partial charge in [-0.15, -0.1) is 0 Å². The molecule has 0 unspecified atom stereocenters. The molecule has 0 bridgehead atoms. The van der Waals surface area contributed by atoms with Gasteiger partial charge < -0.3 is 9.47 Å². The Hall–Kier alpha value is -3.80. The molecule has 1 aliphatic rings. The molecule has 0 N–H and O–H groups in total. The zero-order chi connectivity index (χ0) is 20.4. The van der Waals surface area contributed by atoms with Crippen LogP contribution >= 0.6 is 0 Å². The number of hydrogen-bond donors (Lipinski definition) is 0. The third kappa shape index (κ3) is 3.91. The second kappa shape index (κ2) is 7.67. The molecule has 0 amide bonds. The number of esters is 2. The largest absolute Gasteiger partial charge is 0.446 e. The Balaban J connectivity index is 1.44. The van der Waals surface area contributed by atoms with Gasteiger partial charge in [-0.05, 0) is 60.2 Å². The van der Waals surface area contributed by atoms with Crippen LogP contribution in [-0.4, -0.2) is 23.8 Å². The number of ketones is 1. The first-order valence-corrected chi connectivity index (χ1v) is 8.92. The molecule has 0 saturated heterocycles. The summed E-state index contributed by atoms with van der Waals surface area (Å²) in [4.78, 5) is 36.8. The van der Waals surface area contributed by atoms with Gasteiger partial charge in [-0.25, -0.2) is 14.0 Å². The van der Waals surface area contributed by atoms with Crippen LogP contribution in [0.25, 0.3) is 0 Å². The third-order valence-corrected chi connectivity index (χ3v) is 4.60. The Morgan fingerprint density at radius 2 is 1.52 bits per heavy atom. The molecule has 0 saturated carbocycles. The smallest absolute Gasteiger partial charge is 0.353 e. The molecule has 5 nitrogen and oxygen atoms in total. The first-order valence-electron chi connectivity index (χ1n) is 8.92. The summed E-state index contributed by atoms with van der Waals surface area (Å²) >= 11 is 0. The zero-order valence-corrected chi connectivity index (χ0v) is 15.1. The molecule has 1 heterocycles. The standard InChI is InChI=1S/C23H15FO5/c24-17-9-5-14(6-10-17)21(25)15-7-11-18(12-8-15)28-23(27)20-13-16-3-1-2-4-19(16)22(26)29-20/h1-12,20H,13H2/t20-/m0/s1. The van der Waals surface area contributed by atoms with Crippen LogP contribution in [0, 0.1) is 5.82 Å².